The van der Waals surface area contributed by atoms with E-state index in [1.165, 1.54) is 0 Å². The van der Waals surface area contributed by atoms with Gasteiger partial charge < -0.3 is 4.89 Å². The summed E-state index contributed by atoms with van der Waals surface area (Å²) in [5, 5.41) is 9.86. The van der Waals surface area contributed by atoms with Crippen molar-refractivity contribution in [1.29, 1.82) is 5.26 Å². The van der Waals surface area contributed by atoms with E-state index in [-0.39, 0.29) is 25.1 Å². The van der Waals surface area contributed by atoms with Gasteiger partial charge in [-0.3, -0.25) is 0 Å². The summed E-state index contributed by atoms with van der Waals surface area (Å²) < 4.78 is 9.76. The van der Waals surface area contributed by atoms with Crippen LogP contribution in [0.4, 0.5) is 0 Å². The Morgan fingerprint density at radius 2 is 1.88 bits per heavy atom. The second-order valence-electron chi connectivity index (χ2n) is 3.67. The molecule has 0 fully saturated rings. The molecule has 0 saturated heterocycles. The number of rotatable bonds is 8. The Morgan fingerprint density at radius 3 is 2.31 bits per heavy atom. The quantitative estimate of drug-likeness (QED) is 0.308. The predicted molar refractivity (Wildman–Crippen MR) is 59.6 cm³/mol. The molecule has 94 valence electrons. The standard InChI is InChI=1S/C9H19N2O4P/c1-8(2)11(9(3)4)14-16(12)15-13-7-5-6-10/h8-9,12H,5,7H2,1-4H3. The van der Waals surface area contributed by atoms with Crippen molar-refractivity contribution in [2.24, 2.45) is 0 Å². The first-order valence-corrected chi connectivity index (χ1v) is 6.24. The van der Waals surface area contributed by atoms with Crippen LogP contribution in [-0.4, -0.2) is 28.6 Å². The van der Waals surface area contributed by atoms with E-state index in [9.17, 15) is 4.89 Å². The van der Waals surface area contributed by atoms with Crippen molar-refractivity contribution in [3.63, 3.8) is 0 Å². The van der Waals surface area contributed by atoms with Crippen LogP contribution in [0.15, 0.2) is 0 Å². The molecule has 0 spiro atoms. The molecule has 7 heteroatoms. The van der Waals surface area contributed by atoms with Crippen molar-refractivity contribution in [3.05, 3.63) is 0 Å². The highest BCUT2D eigenvalue weighted by molar-refractivity contribution is 7.40. The zero-order valence-electron chi connectivity index (χ0n) is 10.1. The Bertz CT molecular complexity index is 212. The Labute approximate surface area is 97.6 Å². The monoisotopic (exact) mass is 250 g/mol. The summed E-state index contributed by atoms with van der Waals surface area (Å²) in [7, 11) is -2.11. The van der Waals surface area contributed by atoms with Crippen molar-refractivity contribution in [1.82, 2.24) is 5.06 Å². The molecule has 0 aromatic heterocycles. The minimum absolute atomic E-state index is 0.114. The normalized spacial score (nSPS) is 13.4. The first kappa shape index (κ1) is 15.7. The maximum Gasteiger partial charge on any atom is 0.378 e. The molecule has 0 saturated carbocycles. The van der Waals surface area contributed by atoms with Crippen LogP contribution in [0.5, 0.6) is 0 Å². The third-order valence-electron chi connectivity index (χ3n) is 1.60. The molecule has 0 amide bonds. The summed E-state index contributed by atoms with van der Waals surface area (Å²) in [4.78, 5) is 14.0. The van der Waals surface area contributed by atoms with Crippen LogP contribution in [0.2, 0.25) is 0 Å². The first-order chi connectivity index (χ1) is 7.49. The van der Waals surface area contributed by atoms with Crippen molar-refractivity contribution in [3.8, 4) is 6.07 Å². The molecule has 0 aliphatic carbocycles. The number of nitriles is 1. The number of nitrogens with zero attached hydrogens (tertiary/aromatic N) is 2. The molecule has 0 aromatic carbocycles. The van der Waals surface area contributed by atoms with Gasteiger partial charge in [0, 0.05) is 12.1 Å². The minimum Gasteiger partial charge on any atom is -0.325 e. The molecule has 6 nitrogen and oxygen atoms in total. The lowest BCUT2D eigenvalue weighted by molar-refractivity contribution is -0.233. The van der Waals surface area contributed by atoms with Gasteiger partial charge in [0.15, 0.2) is 0 Å². The summed E-state index contributed by atoms with van der Waals surface area (Å²) in [6.07, 6.45) is 0.210. The maximum absolute atomic E-state index is 9.39. The third-order valence-corrected chi connectivity index (χ3v) is 2.16. The zero-order valence-corrected chi connectivity index (χ0v) is 11.0. The molecule has 0 aliphatic heterocycles. The van der Waals surface area contributed by atoms with Gasteiger partial charge in [0.05, 0.1) is 19.1 Å². The SMILES string of the molecule is CC(C)N(OP(O)OOCCC#N)C(C)C. The van der Waals surface area contributed by atoms with E-state index in [4.69, 9.17) is 9.89 Å². The second kappa shape index (κ2) is 8.82. The van der Waals surface area contributed by atoms with Gasteiger partial charge in [-0.15, -0.1) is 0 Å². The van der Waals surface area contributed by atoms with Gasteiger partial charge in [0.2, 0.25) is 0 Å². The van der Waals surface area contributed by atoms with Crippen LogP contribution < -0.4 is 0 Å². The van der Waals surface area contributed by atoms with Crippen molar-refractivity contribution >= 4 is 8.60 Å². The summed E-state index contributed by atoms with van der Waals surface area (Å²) in [5.74, 6) is 0. The molecule has 1 N–H and O–H groups in total. The topological polar surface area (TPSA) is 75.0 Å². The summed E-state index contributed by atoms with van der Waals surface area (Å²) in [5.41, 5.74) is 0. The molecule has 0 aliphatic rings. The molecule has 0 heterocycles. The third kappa shape index (κ3) is 7.07. The fourth-order valence-corrected chi connectivity index (χ4v) is 1.78. The minimum atomic E-state index is -2.11. The molecular weight excluding hydrogens is 231 g/mol. The van der Waals surface area contributed by atoms with Crippen molar-refractivity contribution in [2.75, 3.05) is 6.61 Å². The van der Waals surface area contributed by atoms with Gasteiger partial charge in [-0.2, -0.15) is 15.0 Å². The van der Waals surface area contributed by atoms with Crippen LogP contribution in [0.3, 0.4) is 0 Å². The molecule has 0 radical (unpaired) electrons. The average Bonchev–Trinajstić information content (AvgIpc) is 2.20. The lowest BCUT2D eigenvalue weighted by Gasteiger charge is -2.29. The molecule has 0 aromatic rings. The van der Waals surface area contributed by atoms with Crippen LogP contribution >= 0.6 is 8.60 Å². The first-order valence-electron chi connectivity index (χ1n) is 5.11. The largest absolute Gasteiger partial charge is 0.378 e. The van der Waals surface area contributed by atoms with Gasteiger partial charge in [0.25, 0.3) is 0 Å². The van der Waals surface area contributed by atoms with E-state index in [0.717, 1.165) is 0 Å². The van der Waals surface area contributed by atoms with Gasteiger partial charge in [0.1, 0.15) is 0 Å². The molecule has 0 rings (SSSR count). The molecule has 1 unspecified atom stereocenters. The Kier molecular flexibility index (Phi) is 8.67. The van der Waals surface area contributed by atoms with E-state index in [0.29, 0.717) is 0 Å². The van der Waals surface area contributed by atoms with Crippen molar-refractivity contribution in [2.45, 2.75) is 46.2 Å². The average molecular weight is 250 g/mol. The molecule has 0 bridgehead atoms. The smallest absolute Gasteiger partial charge is 0.325 e. The predicted octanol–water partition coefficient (Wildman–Crippen LogP) is 2.12. The zero-order chi connectivity index (χ0) is 12.6. The van der Waals surface area contributed by atoms with Gasteiger partial charge >= 0.3 is 8.60 Å². The van der Waals surface area contributed by atoms with Crippen LogP contribution in [0.25, 0.3) is 0 Å². The highest BCUT2D eigenvalue weighted by Gasteiger charge is 2.20. The second-order valence-corrected chi connectivity index (χ2v) is 4.46. The van der Waals surface area contributed by atoms with Crippen LogP contribution in [-0.2, 0) is 14.2 Å². The number of hydrogen-bond acceptors (Lipinski definition) is 6. The fraction of sp³-hybridized carbons (Fsp3) is 0.889. The van der Waals surface area contributed by atoms with Gasteiger partial charge in [-0.1, -0.05) is 0 Å². The lowest BCUT2D eigenvalue weighted by Crippen LogP contribution is -2.35. The van der Waals surface area contributed by atoms with E-state index in [1.807, 2.05) is 33.8 Å². The van der Waals surface area contributed by atoms with Crippen LogP contribution in [0.1, 0.15) is 34.1 Å². The Morgan fingerprint density at radius 1 is 1.31 bits per heavy atom. The van der Waals surface area contributed by atoms with Crippen LogP contribution in [0, 0.1) is 11.3 Å². The van der Waals surface area contributed by atoms with Crippen molar-refractivity contribution < 1.29 is 19.1 Å². The number of hydroxylamine groups is 2. The molecule has 1 atom stereocenters. The van der Waals surface area contributed by atoms with E-state index >= 15 is 0 Å². The summed E-state index contributed by atoms with van der Waals surface area (Å²) >= 11 is 0. The van der Waals surface area contributed by atoms with E-state index < -0.39 is 8.60 Å². The maximum atomic E-state index is 9.39. The lowest BCUT2D eigenvalue weighted by atomic mass is 10.3. The summed E-state index contributed by atoms with van der Waals surface area (Å²) in [6, 6.07) is 2.14. The fourth-order valence-electron chi connectivity index (χ4n) is 1.05. The highest BCUT2D eigenvalue weighted by Crippen LogP contribution is 2.35. The van der Waals surface area contributed by atoms with Gasteiger partial charge in [-0.25, -0.2) is 9.51 Å². The Hall–Kier alpha value is -0.280. The Balaban J connectivity index is 3.83. The number of hydrogen-bond donors (Lipinski definition) is 1. The molecule has 16 heavy (non-hydrogen) atoms. The van der Waals surface area contributed by atoms with E-state index in [2.05, 4.69) is 9.56 Å². The molecular formula is C9H19N2O4P. The summed E-state index contributed by atoms with van der Waals surface area (Å²) in [6.45, 7) is 7.89. The van der Waals surface area contributed by atoms with E-state index in [1.54, 1.807) is 5.06 Å². The highest BCUT2D eigenvalue weighted by atomic mass is 31.2. The van der Waals surface area contributed by atoms with Gasteiger partial charge in [-0.05, 0) is 27.7 Å².